The van der Waals surface area contributed by atoms with Crippen molar-refractivity contribution in [3.05, 3.63) is 11.6 Å². The maximum absolute atomic E-state index is 11.6. The van der Waals surface area contributed by atoms with Gasteiger partial charge in [-0.2, -0.15) is 0 Å². The maximum atomic E-state index is 11.6. The van der Waals surface area contributed by atoms with Gasteiger partial charge >= 0.3 is 11.9 Å². The minimum absolute atomic E-state index is 0.0905. The Labute approximate surface area is 169 Å². The fourth-order valence-electron chi connectivity index (χ4n) is 7.57. The van der Waals surface area contributed by atoms with Crippen molar-refractivity contribution in [3.8, 4) is 0 Å². The van der Waals surface area contributed by atoms with Crippen LogP contribution in [0.25, 0.3) is 0 Å². The first kappa shape index (κ1) is 20.0. The van der Waals surface area contributed by atoms with Gasteiger partial charge < -0.3 is 9.47 Å². The van der Waals surface area contributed by atoms with Crippen LogP contribution in [0.15, 0.2) is 11.6 Å². The molecule has 3 fully saturated rings. The molecule has 0 amide bonds. The third kappa shape index (κ3) is 3.02. The monoisotopic (exact) mass is 388 g/mol. The lowest BCUT2D eigenvalue weighted by atomic mass is 9.47. The zero-order chi connectivity index (χ0) is 20.3. The summed E-state index contributed by atoms with van der Waals surface area (Å²) >= 11 is 0. The van der Waals surface area contributed by atoms with E-state index in [0.717, 1.165) is 38.5 Å². The van der Waals surface area contributed by atoms with Crippen molar-refractivity contribution in [2.75, 3.05) is 0 Å². The molecular formula is C24H36O4. The van der Waals surface area contributed by atoms with Gasteiger partial charge in [-0.3, -0.25) is 9.59 Å². The molecule has 156 valence electrons. The van der Waals surface area contributed by atoms with Gasteiger partial charge in [0.15, 0.2) is 0 Å². The summed E-state index contributed by atoms with van der Waals surface area (Å²) in [6.07, 6.45) is 11.2. The number of rotatable bonds is 2. The second kappa shape index (κ2) is 6.60. The quantitative estimate of drug-likeness (QED) is 0.482. The van der Waals surface area contributed by atoms with Crippen molar-refractivity contribution in [1.29, 1.82) is 0 Å². The molecule has 0 aliphatic heterocycles. The zero-order valence-corrected chi connectivity index (χ0v) is 18.2. The first-order valence-electron chi connectivity index (χ1n) is 11.1. The van der Waals surface area contributed by atoms with Crippen LogP contribution in [0.4, 0.5) is 0 Å². The van der Waals surface area contributed by atoms with Gasteiger partial charge in [0.1, 0.15) is 11.7 Å². The Bertz CT molecular complexity index is 711. The highest BCUT2D eigenvalue weighted by Crippen LogP contribution is 2.66. The first-order chi connectivity index (χ1) is 13.1. The molecule has 0 N–H and O–H groups in total. The molecule has 28 heavy (non-hydrogen) atoms. The van der Waals surface area contributed by atoms with Crippen LogP contribution in [0.5, 0.6) is 0 Å². The smallest absolute Gasteiger partial charge is 0.303 e. The van der Waals surface area contributed by atoms with Gasteiger partial charge in [-0.25, -0.2) is 0 Å². The van der Waals surface area contributed by atoms with Crippen LogP contribution in [0.3, 0.4) is 0 Å². The minimum Gasteiger partial charge on any atom is -0.462 e. The van der Waals surface area contributed by atoms with Crippen molar-refractivity contribution >= 4 is 11.9 Å². The van der Waals surface area contributed by atoms with Gasteiger partial charge in [0.25, 0.3) is 0 Å². The first-order valence-corrected chi connectivity index (χ1v) is 11.1. The second-order valence-electron chi connectivity index (χ2n) is 10.7. The van der Waals surface area contributed by atoms with E-state index < -0.39 is 0 Å². The molecule has 0 aromatic rings. The molecule has 4 rings (SSSR count). The van der Waals surface area contributed by atoms with Crippen LogP contribution in [0, 0.1) is 28.6 Å². The summed E-state index contributed by atoms with van der Waals surface area (Å²) in [6.45, 7) is 9.99. The average molecular weight is 389 g/mol. The molecule has 0 aromatic carbocycles. The zero-order valence-electron chi connectivity index (χ0n) is 18.2. The summed E-state index contributed by atoms with van der Waals surface area (Å²) in [7, 11) is 0. The molecule has 0 unspecified atom stereocenters. The Balaban J connectivity index is 1.58. The molecule has 0 heterocycles. The Morgan fingerprint density at radius 1 is 0.964 bits per heavy atom. The molecule has 0 aromatic heterocycles. The van der Waals surface area contributed by atoms with E-state index in [0.29, 0.717) is 17.8 Å². The van der Waals surface area contributed by atoms with Gasteiger partial charge in [-0.15, -0.1) is 0 Å². The van der Waals surface area contributed by atoms with E-state index >= 15 is 0 Å². The van der Waals surface area contributed by atoms with E-state index in [4.69, 9.17) is 9.47 Å². The minimum atomic E-state index is -0.346. The van der Waals surface area contributed by atoms with E-state index in [2.05, 4.69) is 26.8 Å². The SMILES string of the molecule is CC(=O)O[C@@H]1CC[C@@H]2[C@H]3CC=C4C[C@](C)(OC(C)=O)CC[C@]4(C)[C@@H]3CC[C@@]21C. The Morgan fingerprint density at radius 2 is 1.71 bits per heavy atom. The number of allylic oxidation sites excluding steroid dienone is 1. The third-order valence-electron chi connectivity index (χ3n) is 8.97. The summed E-state index contributed by atoms with van der Waals surface area (Å²) in [5.41, 5.74) is 1.53. The van der Waals surface area contributed by atoms with Crippen molar-refractivity contribution in [3.63, 3.8) is 0 Å². The Kier molecular flexibility index (Phi) is 4.71. The van der Waals surface area contributed by atoms with Crippen LogP contribution in [0.1, 0.15) is 86.0 Å². The topological polar surface area (TPSA) is 52.6 Å². The molecule has 0 bridgehead atoms. The molecule has 3 saturated carbocycles. The predicted octanol–water partition coefficient (Wildman–Crippen LogP) is 5.20. The van der Waals surface area contributed by atoms with Crippen LogP contribution >= 0.6 is 0 Å². The van der Waals surface area contributed by atoms with E-state index in [9.17, 15) is 9.59 Å². The van der Waals surface area contributed by atoms with Crippen molar-refractivity contribution in [1.82, 2.24) is 0 Å². The number of ether oxygens (including phenoxy) is 2. The van der Waals surface area contributed by atoms with Crippen LogP contribution < -0.4 is 0 Å². The van der Waals surface area contributed by atoms with E-state index in [1.807, 2.05) is 0 Å². The molecule has 0 spiro atoms. The highest BCUT2D eigenvalue weighted by Gasteiger charge is 2.60. The lowest BCUT2D eigenvalue weighted by molar-refractivity contribution is -0.161. The van der Waals surface area contributed by atoms with E-state index in [1.54, 1.807) is 6.92 Å². The average Bonchev–Trinajstić information content (AvgIpc) is 2.91. The number of fused-ring (bicyclic) bond motifs is 5. The summed E-state index contributed by atoms with van der Waals surface area (Å²) in [5, 5.41) is 0. The van der Waals surface area contributed by atoms with Gasteiger partial charge in [0, 0.05) is 25.7 Å². The lowest BCUT2D eigenvalue weighted by Crippen LogP contribution is -2.53. The molecule has 0 radical (unpaired) electrons. The Hall–Kier alpha value is -1.32. The lowest BCUT2D eigenvalue weighted by Gasteiger charge is -2.58. The largest absolute Gasteiger partial charge is 0.462 e. The van der Waals surface area contributed by atoms with Crippen molar-refractivity contribution in [2.45, 2.75) is 97.7 Å². The van der Waals surface area contributed by atoms with Crippen LogP contribution in [-0.4, -0.2) is 23.6 Å². The standard InChI is InChI=1S/C24H36O4/c1-15(25)27-21-9-8-19-18-7-6-17-14-22(3,28-16(2)26)12-13-23(17,4)20(18)10-11-24(19,21)5/h6,18-21H,7-14H2,1-5H3/t18-,19-,20-,21-,22-,23+,24+/m1/s1. The molecule has 4 heteroatoms. The van der Waals surface area contributed by atoms with E-state index in [-0.39, 0.29) is 34.5 Å². The highest BCUT2D eigenvalue weighted by molar-refractivity contribution is 5.66. The number of esters is 2. The third-order valence-corrected chi connectivity index (χ3v) is 8.97. The number of hydrogen-bond acceptors (Lipinski definition) is 4. The molecule has 7 atom stereocenters. The second-order valence-corrected chi connectivity index (χ2v) is 10.7. The number of carbonyl (C=O) groups excluding carboxylic acids is 2. The fourth-order valence-corrected chi connectivity index (χ4v) is 7.57. The summed E-state index contributed by atoms with van der Waals surface area (Å²) in [4.78, 5) is 23.2. The Morgan fingerprint density at radius 3 is 2.39 bits per heavy atom. The molecule has 4 aliphatic carbocycles. The summed E-state index contributed by atoms with van der Waals surface area (Å²) in [5.74, 6) is 1.72. The summed E-state index contributed by atoms with van der Waals surface area (Å²) < 4.78 is 11.5. The van der Waals surface area contributed by atoms with Gasteiger partial charge in [0.05, 0.1) is 0 Å². The maximum Gasteiger partial charge on any atom is 0.303 e. The summed E-state index contributed by atoms with van der Waals surface area (Å²) in [6, 6.07) is 0. The molecule has 4 aliphatic rings. The van der Waals surface area contributed by atoms with Gasteiger partial charge in [-0.1, -0.05) is 25.5 Å². The van der Waals surface area contributed by atoms with Gasteiger partial charge in [0.2, 0.25) is 0 Å². The van der Waals surface area contributed by atoms with E-state index in [1.165, 1.54) is 25.3 Å². The number of carbonyl (C=O) groups is 2. The van der Waals surface area contributed by atoms with Crippen LogP contribution in [-0.2, 0) is 19.1 Å². The highest BCUT2D eigenvalue weighted by atomic mass is 16.6. The normalized spacial score (nSPS) is 47.2. The molecular weight excluding hydrogens is 352 g/mol. The molecule has 0 saturated heterocycles. The predicted molar refractivity (Wildman–Crippen MR) is 107 cm³/mol. The van der Waals surface area contributed by atoms with Crippen molar-refractivity contribution in [2.24, 2.45) is 28.6 Å². The van der Waals surface area contributed by atoms with Gasteiger partial charge in [-0.05, 0) is 75.0 Å². The number of hydrogen-bond donors (Lipinski definition) is 0. The fraction of sp³-hybridized carbons (Fsp3) is 0.833. The van der Waals surface area contributed by atoms with Crippen molar-refractivity contribution < 1.29 is 19.1 Å². The van der Waals surface area contributed by atoms with Crippen LogP contribution in [0.2, 0.25) is 0 Å². The molecule has 4 nitrogen and oxygen atoms in total.